The fourth-order valence-electron chi connectivity index (χ4n) is 2.46. The van der Waals surface area contributed by atoms with Crippen molar-refractivity contribution in [3.63, 3.8) is 0 Å². The van der Waals surface area contributed by atoms with Crippen LogP contribution in [0.5, 0.6) is 5.75 Å². The maximum absolute atomic E-state index is 13.4. The van der Waals surface area contributed by atoms with Crippen molar-refractivity contribution in [1.82, 2.24) is 10.2 Å². The zero-order valence-corrected chi connectivity index (χ0v) is 10.3. The van der Waals surface area contributed by atoms with Crippen LogP contribution in [0.25, 0.3) is 0 Å². The maximum Gasteiger partial charge on any atom is 0.165 e. The second kappa shape index (κ2) is 5.02. The molecule has 1 fully saturated rings. The molecule has 4 heteroatoms. The van der Waals surface area contributed by atoms with Gasteiger partial charge in [-0.25, -0.2) is 4.39 Å². The molecule has 0 radical (unpaired) electrons. The number of phenols is 1. The molecule has 1 aromatic carbocycles. The average Bonchev–Trinajstić information content (AvgIpc) is 2.35. The molecule has 1 aromatic rings. The van der Waals surface area contributed by atoms with E-state index in [1.165, 1.54) is 6.07 Å². The maximum atomic E-state index is 13.4. The summed E-state index contributed by atoms with van der Waals surface area (Å²) in [5.74, 6) is -0.733. The van der Waals surface area contributed by atoms with E-state index in [1.54, 1.807) is 6.07 Å². The molecule has 1 aliphatic heterocycles. The Labute approximate surface area is 101 Å². The third kappa shape index (κ3) is 2.42. The van der Waals surface area contributed by atoms with E-state index in [-0.39, 0.29) is 11.8 Å². The number of aryl methyl sites for hydroxylation is 1. The molecule has 0 bridgehead atoms. The minimum Gasteiger partial charge on any atom is -0.505 e. The molecular weight excluding hydrogens is 219 g/mol. The minimum atomic E-state index is -0.535. The first kappa shape index (κ1) is 12.3. The first-order chi connectivity index (χ1) is 8.11. The van der Waals surface area contributed by atoms with Gasteiger partial charge in [0.15, 0.2) is 11.6 Å². The molecule has 2 rings (SSSR count). The van der Waals surface area contributed by atoms with E-state index in [1.807, 2.05) is 13.8 Å². The Kier molecular flexibility index (Phi) is 3.64. The molecule has 1 aliphatic rings. The van der Waals surface area contributed by atoms with Crippen molar-refractivity contribution in [3.8, 4) is 5.75 Å². The molecule has 0 spiro atoms. The topological polar surface area (TPSA) is 35.5 Å². The molecule has 1 saturated heterocycles. The van der Waals surface area contributed by atoms with Gasteiger partial charge in [0, 0.05) is 37.8 Å². The number of rotatable bonds is 2. The minimum absolute atomic E-state index is 0.0489. The van der Waals surface area contributed by atoms with Gasteiger partial charge in [0.1, 0.15) is 0 Å². The molecule has 17 heavy (non-hydrogen) atoms. The van der Waals surface area contributed by atoms with Crippen molar-refractivity contribution < 1.29 is 9.50 Å². The quantitative estimate of drug-likeness (QED) is 0.824. The van der Waals surface area contributed by atoms with Crippen LogP contribution in [-0.4, -0.2) is 36.2 Å². The molecule has 94 valence electrons. The summed E-state index contributed by atoms with van der Waals surface area (Å²) in [6.45, 7) is 7.67. The van der Waals surface area contributed by atoms with Gasteiger partial charge in [0.2, 0.25) is 0 Å². The van der Waals surface area contributed by atoms with Crippen molar-refractivity contribution in [2.24, 2.45) is 0 Å². The van der Waals surface area contributed by atoms with Gasteiger partial charge in [-0.05, 0) is 25.5 Å². The standard InChI is InChI=1S/C13H19FN2O/c1-9-3-4-11(14)13(17)12(9)10(2)16-7-5-15-6-8-16/h3-4,10,15,17H,5-8H2,1-2H3/t10-/m0/s1. The van der Waals surface area contributed by atoms with Crippen molar-refractivity contribution in [1.29, 1.82) is 0 Å². The van der Waals surface area contributed by atoms with E-state index in [2.05, 4.69) is 10.2 Å². The highest BCUT2D eigenvalue weighted by Crippen LogP contribution is 2.33. The zero-order valence-electron chi connectivity index (χ0n) is 10.3. The van der Waals surface area contributed by atoms with Crippen LogP contribution in [0.4, 0.5) is 4.39 Å². The number of nitrogens with one attached hydrogen (secondary N) is 1. The molecule has 0 unspecified atom stereocenters. The normalized spacial score (nSPS) is 19.2. The van der Waals surface area contributed by atoms with E-state index in [0.717, 1.165) is 31.7 Å². The van der Waals surface area contributed by atoms with Gasteiger partial charge in [0.25, 0.3) is 0 Å². The van der Waals surface area contributed by atoms with Crippen molar-refractivity contribution in [2.75, 3.05) is 26.2 Å². The summed E-state index contributed by atoms with van der Waals surface area (Å²) in [5.41, 5.74) is 1.65. The summed E-state index contributed by atoms with van der Waals surface area (Å²) >= 11 is 0. The molecule has 0 aliphatic carbocycles. The second-order valence-electron chi connectivity index (χ2n) is 4.59. The summed E-state index contributed by atoms with van der Waals surface area (Å²) in [4.78, 5) is 2.26. The highest BCUT2D eigenvalue weighted by Gasteiger charge is 2.23. The van der Waals surface area contributed by atoms with E-state index in [0.29, 0.717) is 5.56 Å². The summed E-state index contributed by atoms with van der Waals surface area (Å²) < 4.78 is 13.4. The van der Waals surface area contributed by atoms with Gasteiger partial charge >= 0.3 is 0 Å². The van der Waals surface area contributed by atoms with Gasteiger partial charge in [-0.2, -0.15) is 0 Å². The predicted octanol–water partition coefficient (Wildman–Crippen LogP) is 1.81. The lowest BCUT2D eigenvalue weighted by molar-refractivity contribution is 0.181. The second-order valence-corrected chi connectivity index (χ2v) is 4.59. The zero-order chi connectivity index (χ0) is 12.4. The summed E-state index contributed by atoms with van der Waals surface area (Å²) in [7, 11) is 0. The Balaban J connectivity index is 2.29. The molecule has 1 heterocycles. The lowest BCUT2D eigenvalue weighted by Crippen LogP contribution is -2.44. The highest BCUT2D eigenvalue weighted by molar-refractivity contribution is 5.41. The van der Waals surface area contributed by atoms with Crippen LogP contribution >= 0.6 is 0 Å². The third-order valence-electron chi connectivity index (χ3n) is 3.50. The van der Waals surface area contributed by atoms with Crippen LogP contribution in [0.1, 0.15) is 24.1 Å². The van der Waals surface area contributed by atoms with Gasteiger partial charge in [-0.3, -0.25) is 4.90 Å². The van der Waals surface area contributed by atoms with E-state index in [9.17, 15) is 9.50 Å². The monoisotopic (exact) mass is 238 g/mol. The number of halogens is 1. The lowest BCUT2D eigenvalue weighted by Gasteiger charge is -2.34. The Morgan fingerprint density at radius 2 is 2.00 bits per heavy atom. The fraction of sp³-hybridized carbons (Fsp3) is 0.538. The highest BCUT2D eigenvalue weighted by atomic mass is 19.1. The van der Waals surface area contributed by atoms with Gasteiger partial charge in [-0.15, -0.1) is 0 Å². The van der Waals surface area contributed by atoms with Crippen LogP contribution in [0, 0.1) is 12.7 Å². The summed E-state index contributed by atoms with van der Waals surface area (Å²) in [5, 5.41) is 13.1. The Bertz CT molecular complexity index is 403. The van der Waals surface area contributed by atoms with Crippen molar-refractivity contribution in [3.05, 3.63) is 29.1 Å². The molecule has 2 N–H and O–H groups in total. The molecule has 0 amide bonds. The largest absolute Gasteiger partial charge is 0.505 e. The molecule has 3 nitrogen and oxygen atoms in total. The number of piperazine rings is 1. The van der Waals surface area contributed by atoms with E-state index < -0.39 is 5.82 Å². The molecule has 0 aromatic heterocycles. The van der Waals surface area contributed by atoms with Crippen LogP contribution < -0.4 is 5.32 Å². The Morgan fingerprint density at radius 1 is 1.35 bits per heavy atom. The first-order valence-electron chi connectivity index (χ1n) is 6.04. The number of hydrogen-bond acceptors (Lipinski definition) is 3. The molecular formula is C13H19FN2O. The first-order valence-corrected chi connectivity index (χ1v) is 6.04. The molecule has 0 saturated carbocycles. The number of nitrogens with zero attached hydrogens (tertiary/aromatic N) is 1. The smallest absolute Gasteiger partial charge is 0.165 e. The fourth-order valence-corrected chi connectivity index (χ4v) is 2.46. The number of phenolic OH excluding ortho intramolecular Hbond substituents is 1. The lowest BCUT2D eigenvalue weighted by atomic mass is 9.99. The van der Waals surface area contributed by atoms with E-state index >= 15 is 0 Å². The SMILES string of the molecule is Cc1ccc(F)c(O)c1[C@H](C)N1CCNCC1. The average molecular weight is 238 g/mol. The summed E-state index contributed by atoms with van der Waals surface area (Å²) in [6.07, 6.45) is 0. The van der Waals surface area contributed by atoms with Crippen molar-refractivity contribution in [2.45, 2.75) is 19.9 Å². The number of aromatic hydroxyl groups is 1. The molecule has 1 atom stereocenters. The van der Waals surface area contributed by atoms with Crippen molar-refractivity contribution >= 4 is 0 Å². The van der Waals surface area contributed by atoms with Gasteiger partial charge < -0.3 is 10.4 Å². The van der Waals surface area contributed by atoms with Crippen LogP contribution in [0.15, 0.2) is 12.1 Å². The van der Waals surface area contributed by atoms with Gasteiger partial charge in [0.05, 0.1) is 0 Å². The Morgan fingerprint density at radius 3 is 2.65 bits per heavy atom. The van der Waals surface area contributed by atoms with E-state index in [4.69, 9.17) is 0 Å². The van der Waals surface area contributed by atoms with Crippen LogP contribution in [0.3, 0.4) is 0 Å². The summed E-state index contributed by atoms with van der Waals surface area (Å²) in [6, 6.07) is 3.09. The third-order valence-corrected chi connectivity index (χ3v) is 3.50. The van der Waals surface area contributed by atoms with Gasteiger partial charge in [-0.1, -0.05) is 6.07 Å². The van der Waals surface area contributed by atoms with Crippen LogP contribution in [0.2, 0.25) is 0 Å². The Hall–Kier alpha value is -1.13. The predicted molar refractivity (Wildman–Crippen MR) is 65.7 cm³/mol. The van der Waals surface area contributed by atoms with Crippen LogP contribution in [-0.2, 0) is 0 Å². The number of benzene rings is 1. The number of hydrogen-bond donors (Lipinski definition) is 2.